The van der Waals surface area contributed by atoms with E-state index < -0.39 is 153 Å². The number of nitrogens with two attached hydrogens (primary N) is 3. The van der Waals surface area contributed by atoms with Gasteiger partial charge in [0, 0.05) is 12.3 Å². The van der Waals surface area contributed by atoms with E-state index in [0.29, 0.717) is 11.8 Å². The van der Waals surface area contributed by atoms with Crippen LogP contribution in [0.15, 0.2) is 4.99 Å². The van der Waals surface area contributed by atoms with E-state index in [1.807, 2.05) is 0 Å². The van der Waals surface area contributed by atoms with Crippen molar-refractivity contribution in [2.24, 2.45) is 22.2 Å². The van der Waals surface area contributed by atoms with Gasteiger partial charge in [-0.25, -0.2) is 4.79 Å². The number of hydrogen-bond acceptors (Lipinski definition) is 19. The summed E-state index contributed by atoms with van der Waals surface area (Å²) in [6.07, 6.45) is -16.3. The number of nitrogens with one attached hydrogen (secondary N) is 4. The average Bonchev–Trinajstić information content (AvgIpc) is 3.14. The van der Waals surface area contributed by atoms with Gasteiger partial charge in [0.05, 0.1) is 32.7 Å². The molecule has 0 radical (unpaired) electrons. The van der Waals surface area contributed by atoms with Crippen molar-refractivity contribution in [1.82, 2.24) is 21.3 Å². The first kappa shape index (κ1) is 48.1. The third-order valence-electron chi connectivity index (χ3n) is 8.24. The Bertz CT molecular complexity index is 1380. The first-order valence-electron chi connectivity index (χ1n) is 16.9. The summed E-state index contributed by atoms with van der Waals surface area (Å²) >= 11 is 0.538. The van der Waals surface area contributed by atoms with Crippen LogP contribution in [0.4, 0.5) is 0 Å². The summed E-state index contributed by atoms with van der Waals surface area (Å²) < 4.78 is 16.3. The minimum Gasteiger partial charge on any atom is -0.481 e. The highest BCUT2D eigenvalue weighted by atomic mass is 32.2. The van der Waals surface area contributed by atoms with Crippen LogP contribution in [0.5, 0.6) is 0 Å². The summed E-state index contributed by atoms with van der Waals surface area (Å²) in [7, 11) is 0. The van der Waals surface area contributed by atoms with Crippen molar-refractivity contribution in [3.8, 4) is 0 Å². The van der Waals surface area contributed by atoms with Gasteiger partial charge in [0.1, 0.15) is 72.4 Å². The normalized spacial score (nSPS) is 29.1. The Balaban J connectivity index is 2.04. The Hall–Kier alpha value is -4.00. The maximum absolute atomic E-state index is 13.0. The van der Waals surface area contributed by atoms with Crippen LogP contribution >= 0.6 is 11.8 Å². The first-order valence-corrected chi connectivity index (χ1v) is 18.0. The molecule has 0 unspecified atom stereocenters. The number of aliphatic hydroxyl groups excluding tert-OH is 7. The lowest BCUT2D eigenvalue weighted by molar-refractivity contribution is -0.338. The van der Waals surface area contributed by atoms with Gasteiger partial charge in [0.15, 0.2) is 12.2 Å². The molecular formula is C29H50N8O18S. The zero-order valence-electron chi connectivity index (χ0n) is 29.7. The van der Waals surface area contributed by atoms with Crippen LogP contribution in [0, 0.1) is 0 Å². The number of amides is 4. The lowest BCUT2D eigenvalue weighted by Gasteiger charge is -2.46. The highest BCUT2D eigenvalue weighted by Gasteiger charge is 2.50. The fraction of sp³-hybridized carbons (Fsp3) is 0.759. The van der Waals surface area contributed by atoms with Gasteiger partial charge in [-0.15, -0.1) is 11.8 Å². The topological polar surface area (TPSA) is 451 Å². The van der Waals surface area contributed by atoms with Crippen LogP contribution in [-0.2, 0) is 43.0 Å². The number of thioether (sulfide) groups is 1. The summed E-state index contributed by atoms with van der Waals surface area (Å²) in [6.45, 7) is -2.83. The van der Waals surface area contributed by atoms with Crippen LogP contribution in [0.1, 0.15) is 19.3 Å². The predicted octanol–water partition coefficient (Wildman–Crippen LogP) is -9.51. The molecule has 2 saturated heterocycles. The summed E-state index contributed by atoms with van der Waals surface area (Å²) in [5, 5.41) is 99.1. The van der Waals surface area contributed by atoms with E-state index in [2.05, 4.69) is 26.3 Å². The molecule has 4 amide bonds. The molecule has 0 aliphatic carbocycles. The Labute approximate surface area is 322 Å². The number of carboxylic acid groups (broad SMARTS) is 2. The molecule has 0 spiro atoms. The largest absolute Gasteiger partial charge is 0.481 e. The number of guanidine groups is 1. The monoisotopic (exact) mass is 830 g/mol. The van der Waals surface area contributed by atoms with E-state index >= 15 is 0 Å². The fourth-order valence-corrected chi connectivity index (χ4v) is 6.46. The maximum atomic E-state index is 13.0. The van der Waals surface area contributed by atoms with E-state index in [-0.39, 0.29) is 25.3 Å². The summed E-state index contributed by atoms with van der Waals surface area (Å²) in [5.74, 6) is -7.93. The molecule has 27 heteroatoms. The minimum atomic E-state index is -1.91. The number of rotatable bonds is 22. The smallest absolute Gasteiger partial charge is 0.327 e. The number of aliphatic carboxylic acids is 2. The molecule has 19 N–H and O–H groups in total. The Morgan fingerprint density at radius 1 is 0.768 bits per heavy atom. The minimum absolute atomic E-state index is 0.0215. The molecular weight excluding hydrogens is 780 g/mol. The SMILES string of the molecule is NCC(=O)N[C@@H](CCCN=C(N)N)C(=O)NCC(=O)N[C@@H](CC(=O)O)C(=O)N[C@@H](CS[C@@H]1O[C@H](CO)[C@@H](O[C@@H]2O[C@H](CO)[C@H](O)[C@H](O)[C@H]2O)[C@H](O)[C@H]1O)C(=O)O. The number of carbonyl (C=O) groups is 6. The number of aliphatic imine (C=N–C) groups is 1. The van der Waals surface area contributed by atoms with Crippen molar-refractivity contribution in [2.45, 2.75) is 97.9 Å². The molecule has 0 bridgehead atoms. The van der Waals surface area contributed by atoms with Gasteiger partial charge >= 0.3 is 11.9 Å². The number of aliphatic hydroxyl groups is 7. The molecule has 2 fully saturated rings. The number of carbonyl (C=O) groups excluding carboxylic acids is 4. The zero-order valence-corrected chi connectivity index (χ0v) is 30.5. The van der Waals surface area contributed by atoms with Gasteiger partial charge in [-0.05, 0) is 12.8 Å². The second kappa shape index (κ2) is 23.3. The van der Waals surface area contributed by atoms with Crippen molar-refractivity contribution in [3.63, 3.8) is 0 Å². The van der Waals surface area contributed by atoms with Crippen LogP contribution in [0.3, 0.4) is 0 Å². The molecule has 2 heterocycles. The van der Waals surface area contributed by atoms with E-state index in [1.54, 1.807) is 0 Å². The highest BCUT2D eigenvalue weighted by molar-refractivity contribution is 7.99. The lowest BCUT2D eigenvalue weighted by Crippen LogP contribution is -2.64. The second-order valence-corrected chi connectivity index (χ2v) is 13.6. The maximum Gasteiger partial charge on any atom is 0.327 e. The predicted molar refractivity (Wildman–Crippen MR) is 187 cm³/mol. The van der Waals surface area contributed by atoms with Crippen molar-refractivity contribution in [3.05, 3.63) is 0 Å². The molecule has 2 aliphatic heterocycles. The van der Waals surface area contributed by atoms with Gasteiger partial charge in [0.2, 0.25) is 23.6 Å². The van der Waals surface area contributed by atoms with Crippen LogP contribution in [0.2, 0.25) is 0 Å². The summed E-state index contributed by atoms with van der Waals surface area (Å²) in [5.41, 5.74) is 14.3. The van der Waals surface area contributed by atoms with E-state index in [4.69, 9.17) is 31.4 Å². The lowest BCUT2D eigenvalue weighted by atomic mass is 9.97. The molecule has 13 atom stereocenters. The van der Waals surface area contributed by atoms with Gasteiger partial charge in [-0.2, -0.15) is 0 Å². The van der Waals surface area contributed by atoms with Gasteiger partial charge in [0.25, 0.3) is 0 Å². The third-order valence-corrected chi connectivity index (χ3v) is 9.48. The number of nitrogens with zero attached hydrogens (tertiary/aromatic N) is 1. The van der Waals surface area contributed by atoms with Crippen molar-refractivity contribution < 1.29 is 88.9 Å². The quantitative estimate of drug-likeness (QED) is 0.0274. The van der Waals surface area contributed by atoms with Crippen molar-refractivity contribution >= 4 is 53.3 Å². The van der Waals surface area contributed by atoms with Crippen LogP contribution in [0.25, 0.3) is 0 Å². The average molecular weight is 831 g/mol. The highest BCUT2D eigenvalue weighted by Crippen LogP contribution is 2.33. The molecule has 2 rings (SSSR count). The molecule has 0 aromatic heterocycles. The summed E-state index contributed by atoms with van der Waals surface area (Å²) in [6, 6.07) is -4.87. The third kappa shape index (κ3) is 14.5. The Morgan fingerprint density at radius 2 is 1.41 bits per heavy atom. The number of ether oxygens (including phenoxy) is 3. The zero-order chi connectivity index (χ0) is 42.3. The van der Waals surface area contributed by atoms with Crippen molar-refractivity contribution in [2.75, 3.05) is 38.6 Å². The molecule has 26 nitrogen and oxygen atoms in total. The molecule has 0 aromatic carbocycles. The van der Waals surface area contributed by atoms with E-state index in [0.717, 1.165) is 0 Å². The molecule has 2 aliphatic rings. The first-order chi connectivity index (χ1) is 26.3. The van der Waals surface area contributed by atoms with E-state index in [9.17, 15) is 74.7 Å². The number of carboxylic acids is 2. The van der Waals surface area contributed by atoms with Crippen LogP contribution < -0.4 is 38.5 Å². The molecule has 56 heavy (non-hydrogen) atoms. The number of hydrogen-bond donors (Lipinski definition) is 16. The van der Waals surface area contributed by atoms with E-state index in [1.165, 1.54) is 0 Å². The summed E-state index contributed by atoms with van der Waals surface area (Å²) in [4.78, 5) is 77.6. The Kier molecular flexibility index (Phi) is 20.0. The second-order valence-electron chi connectivity index (χ2n) is 12.4. The standard InChI is InChI=1S/C29H50N8O18S/c30-5-15(40)35-10(2-1-3-33-29(31)32)24(49)34-6-16(41)36-11(4-17(42)43)25(50)37-12(26(51)52)9-56-28-22(48)20(46)23(14(8-39)54-28)55-27-21(47)19(45)18(44)13(7-38)53-27/h10-14,18-23,27-28,38-39,44-48H,1-9,30H2,(H,34,49)(H,35,40)(H,36,41)(H,37,50)(H,42,43)(H,51,52)(H4,31,32,33)/t10-,11-,12-,13+,14+,18-,19-,20+,21+,22+,23+,27-,28-/m0/s1. The van der Waals surface area contributed by atoms with Gasteiger partial charge < -0.3 is 98.6 Å². The fourth-order valence-electron chi connectivity index (χ4n) is 5.28. The van der Waals surface area contributed by atoms with Crippen molar-refractivity contribution in [1.29, 1.82) is 0 Å². The van der Waals surface area contributed by atoms with Crippen LogP contribution in [-0.4, -0.2) is 205 Å². The van der Waals surface area contributed by atoms with Gasteiger partial charge in [-0.1, -0.05) is 0 Å². The Morgan fingerprint density at radius 3 is 1.98 bits per heavy atom. The van der Waals surface area contributed by atoms with Gasteiger partial charge in [-0.3, -0.25) is 29.0 Å². The molecule has 0 aromatic rings. The molecule has 0 saturated carbocycles. The molecule has 320 valence electrons.